The minimum Gasteiger partial charge on any atom is -0.494 e. The van der Waals surface area contributed by atoms with Crippen molar-refractivity contribution in [1.82, 2.24) is 5.32 Å². The van der Waals surface area contributed by atoms with Crippen LogP contribution in [-0.4, -0.2) is 13.7 Å². The first-order chi connectivity index (χ1) is 9.27. The first kappa shape index (κ1) is 14.0. The first-order valence-corrected chi connectivity index (χ1v) is 7.30. The number of halogens is 1. The zero-order valence-corrected chi connectivity index (χ0v) is 12.0. The van der Waals surface area contributed by atoms with Crippen molar-refractivity contribution in [3.8, 4) is 5.75 Å². The van der Waals surface area contributed by atoms with Gasteiger partial charge in [0.25, 0.3) is 0 Å². The molecule has 1 aromatic carbocycles. The molecule has 0 amide bonds. The number of hydrogen-bond donors (Lipinski definition) is 1. The lowest BCUT2D eigenvalue weighted by Gasteiger charge is -2.19. The average Bonchev–Trinajstić information content (AvgIpc) is 2.95. The Kier molecular flexibility index (Phi) is 4.93. The lowest BCUT2D eigenvalue weighted by atomic mass is 10.00. The Balaban J connectivity index is 2.38. The highest BCUT2D eigenvalue weighted by Gasteiger charge is 2.19. The number of thiophene rings is 1. The summed E-state index contributed by atoms with van der Waals surface area (Å²) in [5, 5.41) is 7.45. The number of rotatable bonds is 6. The molecule has 0 saturated heterocycles. The molecule has 0 aliphatic heterocycles. The molecule has 0 aliphatic carbocycles. The van der Waals surface area contributed by atoms with Crippen LogP contribution in [0.4, 0.5) is 4.39 Å². The number of benzene rings is 1. The smallest absolute Gasteiger partial charge is 0.170 e. The van der Waals surface area contributed by atoms with Gasteiger partial charge in [-0.1, -0.05) is 19.1 Å². The van der Waals surface area contributed by atoms with E-state index >= 15 is 0 Å². The van der Waals surface area contributed by atoms with Gasteiger partial charge in [0.05, 0.1) is 13.2 Å². The molecule has 2 aromatic rings. The van der Waals surface area contributed by atoms with Crippen LogP contribution in [0.3, 0.4) is 0 Å². The second-order valence-electron chi connectivity index (χ2n) is 4.31. The zero-order chi connectivity index (χ0) is 13.7. The summed E-state index contributed by atoms with van der Waals surface area (Å²) in [6, 6.07) is 7.18. The van der Waals surface area contributed by atoms with Crippen LogP contribution >= 0.6 is 11.3 Å². The van der Waals surface area contributed by atoms with Crippen LogP contribution < -0.4 is 10.1 Å². The third kappa shape index (κ3) is 3.14. The van der Waals surface area contributed by atoms with Gasteiger partial charge in [0.15, 0.2) is 11.6 Å². The van der Waals surface area contributed by atoms with E-state index in [0.29, 0.717) is 5.56 Å². The maximum atomic E-state index is 14.4. The van der Waals surface area contributed by atoms with Gasteiger partial charge >= 0.3 is 0 Å². The van der Waals surface area contributed by atoms with E-state index < -0.39 is 0 Å². The van der Waals surface area contributed by atoms with Gasteiger partial charge in [-0.25, -0.2) is 4.39 Å². The normalized spacial score (nSPS) is 12.4. The van der Waals surface area contributed by atoms with Gasteiger partial charge in [-0.05, 0) is 41.4 Å². The lowest BCUT2D eigenvalue weighted by Crippen LogP contribution is -2.23. The van der Waals surface area contributed by atoms with Crippen LogP contribution in [-0.2, 0) is 0 Å². The largest absolute Gasteiger partial charge is 0.494 e. The van der Waals surface area contributed by atoms with E-state index in [1.165, 1.54) is 7.11 Å². The van der Waals surface area contributed by atoms with Gasteiger partial charge in [-0.15, -0.1) is 0 Å². The van der Waals surface area contributed by atoms with Crippen LogP contribution in [0.25, 0.3) is 0 Å². The highest BCUT2D eigenvalue weighted by Crippen LogP contribution is 2.30. The fraction of sp³-hybridized carbons (Fsp3) is 0.333. The fourth-order valence-corrected chi connectivity index (χ4v) is 2.73. The van der Waals surface area contributed by atoms with Gasteiger partial charge in [0.2, 0.25) is 0 Å². The summed E-state index contributed by atoms with van der Waals surface area (Å²) < 4.78 is 19.4. The standard InChI is InChI=1S/C15H18FNOS/c1-3-8-17-15(11-7-9-19-10-11)12-5-4-6-13(18-2)14(12)16/h4-7,9-10,15,17H,3,8H2,1-2H3. The summed E-state index contributed by atoms with van der Waals surface area (Å²) in [6.07, 6.45) is 1.01. The Labute approximate surface area is 117 Å². The second kappa shape index (κ2) is 6.68. The van der Waals surface area contributed by atoms with Gasteiger partial charge in [-0.2, -0.15) is 11.3 Å². The van der Waals surface area contributed by atoms with Gasteiger partial charge < -0.3 is 10.1 Å². The molecule has 1 N–H and O–H groups in total. The second-order valence-corrected chi connectivity index (χ2v) is 5.09. The van der Waals surface area contributed by atoms with Crippen LogP contribution in [0.5, 0.6) is 5.75 Å². The van der Waals surface area contributed by atoms with Gasteiger partial charge in [0, 0.05) is 5.56 Å². The highest BCUT2D eigenvalue weighted by molar-refractivity contribution is 7.08. The van der Waals surface area contributed by atoms with Crippen molar-refractivity contribution < 1.29 is 9.13 Å². The molecule has 0 radical (unpaired) electrons. The van der Waals surface area contributed by atoms with Crippen LogP contribution in [0.2, 0.25) is 0 Å². The minimum absolute atomic E-state index is 0.124. The molecule has 1 atom stereocenters. The number of ether oxygens (including phenoxy) is 1. The van der Waals surface area contributed by atoms with Crippen molar-refractivity contribution in [1.29, 1.82) is 0 Å². The van der Waals surface area contributed by atoms with Gasteiger partial charge in [0.1, 0.15) is 0 Å². The van der Waals surface area contributed by atoms with E-state index in [1.54, 1.807) is 17.4 Å². The summed E-state index contributed by atoms with van der Waals surface area (Å²) in [5.41, 5.74) is 1.72. The van der Waals surface area contributed by atoms with Crippen molar-refractivity contribution in [3.05, 3.63) is 52.0 Å². The quantitative estimate of drug-likeness (QED) is 0.863. The summed E-state index contributed by atoms with van der Waals surface area (Å²) >= 11 is 1.62. The van der Waals surface area contributed by atoms with E-state index in [0.717, 1.165) is 18.5 Å². The maximum absolute atomic E-state index is 14.4. The number of nitrogens with one attached hydrogen (secondary N) is 1. The third-order valence-electron chi connectivity index (χ3n) is 3.00. The Hall–Kier alpha value is -1.39. The van der Waals surface area contributed by atoms with E-state index in [-0.39, 0.29) is 17.6 Å². The molecule has 2 rings (SSSR count). The fourth-order valence-electron chi connectivity index (χ4n) is 2.04. The summed E-state index contributed by atoms with van der Waals surface area (Å²) in [5.74, 6) is 0.000770. The molecule has 102 valence electrons. The SMILES string of the molecule is CCCNC(c1ccsc1)c1cccc(OC)c1F. The van der Waals surface area contributed by atoms with E-state index in [9.17, 15) is 4.39 Å². The Morgan fingerprint density at radius 1 is 1.37 bits per heavy atom. The first-order valence-electron chi connectivity index (χ1n) is 6.35. The topological polar surface area (TPSA) is 21.3 Å². The molecule has 0 bridgehead atoms. The molecule has 2 nitrogen and oxygen atoms in total. The molecule has 19 heavy (non-hydrogen) atoms. The van der Waals surface area contributed by atoms with Crippen molar-refractivity contribution in [2.45, 2.75) is 19.4 Å². The molecule has 0 saturated carbocycles. The summed E-state index contributed by atoms with van der Waals surface area (Å²) in [7, 11) is 1.49. The Morgan fingerprint density at radius 3 is 2.84 bits per heavy atom. The lowest BCUT2D eigenvalue weighted by molar-refractivity contribution is 0.381. The van der Waals surface area contributed by atoms with Crippen LogP contribution in [0, 0.1) is 5.82 Å². The Morgan fingerprint density at radius 2 is 2.21 bits per heavy atom. The van der Waals surface area contributed by atoms with E-state index in [4.69, 9.17) is 4.74 Å². The van der Waals surface area contributed by atoms with Crippen LogP contribution in [0.1, 0.15) is 30.5 Å². The van der Waals surface area contributed by atoms with Crippen molar-refractivity contribution in [2.75, 3.05) is 13.7 Å². The van der Waals surface area contributed by atoms with Crippen LogP contribution in [0.15, 0.2) is 35.0 Å². The molecule has 0 spiro atoms. The molecule has 4 heteroatoms. The van der Waals surface area contributed by atoms with Crippen molar-refractivity contribution in [2.24, 2.45) is 0 Å². The predicted molar refractivity (Wildman–Crippen MR) is 77.4 cm³/mol. The third-order valence-corrected chi connectivity index (χ3v) is 3.70. The molecule has 1 heterocycles. The average molecular weight is 279 g/mol. The van der Waals surface area contributed by atoms with E-state index in [1.807, 2.05) is 29.0 Å². The monoisotopic (exact) mass is 279 g/mol. The minimum atomic E-state index is -0.287. The molecule has 1 aromatic heterocycles. The molecule has 0 aliphatic rings. The predicted octanol–water partition coefficient (Wildman–Crippen LogP) is 3.98. The maximum Gasteiger partial charge on any atom is 0.170 e. The molecular formula is C15H18FNOS. The molecule has 1 unspecified atom stereocenters. The molecular weight excluding hydrogens is 261 g/mol. The summed E-state index contributed by atoms with van der Waals surface area (Å²) in [6.45, 7) is 2.94. The Bertz CT molecular complexity index is 513. The number of hydrogen-bond acceptors (Lipinski definition) is 3. The van der Waals surface area contributed by atoms with E-state index in [2.05, 4.69) is 12.2 Å². The van der Waals surface area contributed by atoms with Gasteiger partial charge in [-0.3, -0.25) is 0 Å². The van der Waals surface area contributed by atoms with Crippen molar-refractivity contribution in [3.63, 3.8) is 0 Å². The molecule has 0 fully saturated rings. The zero-order valence-electron chi connectivity index (χ0n) is 11.2. The summed E-state index contributed by atoms with van der Waals surface area (Å²) in [4.78, 5) is 0. The number of methoxy groups -OCH3 is 1. The van der Waals surface area contributed by atoms with Crippen molar-refractivity contribution >= 4 is 11.3 Å². The highest BCUT2D eigenvalue weighted by atomic mass is 32.1.